The van der Waals surface area contributed by atoms with E-state index in [2.05, 4.69) is 11.9 Å². The number of carbonyl (C=O) groups excluding carboxylic acids is 2. The van der Waals surface area contributed by atoms with E-state index in [0.29, 0.717) is 18.0 Å². The minimum atomic E-state index is -0.674. The molecule has 0 N–H and O–H groups in total. The maximum absolute atomic E-state index is 12.9. The lowest BCUT2D eigenvalue weighted by molar-refractivity contribution is -0.143. The molecule has 1 amide bonds. The first-order valence-electron chi connectivity index (χ1n) is 11.6. The molecular formula is C26H29N3O4S. The number of esters is 1. The molecule has 4 rings (SSSR count). The number of benzene rings is 1. The second kappa shape index (κ2) is 10.8. The Balaban J connectivity index is 1.57. The molecule has 178 valence electrons. The number of unbranched alkanes of at least 4 members (excludes halogenated alkanes) is 3. The molecule has 1 aliphatic heterocycles. The Morgan fingerprint density at radius 1 is 1.21 bits per heavy atom. The molecule has 8 heteroatoms. The van der Waals surface area contributed by atoms with Crippen LogP contribution in [0.5, 0.6) is 5.75 Å². The van der Waals surface area contributed by atoms with Gasteiger partial charge in [-0.25, -0.2) is 4.98 Å². The molecule has 0 aliphatic carbocycles. The predicted octanol–water partition coefficient (Wildman–Crippen LogP) is 5.42. The van der Waals surface area contributed by atoms with E-state index in [-0.39, 0.29) is 12.5 Å². The van der Waals surface area contributed by atoms with Crippen LogP contribution in [0.1, 0.15) is 44.4 Å². The number of carbonyl (C=O) groups is 2. The first-order chi connectivity index (χ1) is 16.5. The van der Waals surface area contributed by atoms with E-state index in [1.165, 1.54) is 4.90 Å². The first kappa shape index (κ1) is 23.9. The van der Waals surface area contributed by atoms with Crippen molar-refractivity contribution in [2.75, 3.05) is 18.1 Å². The van der Waals surface area contributed by atoms with Gasteiger partial charge in [-0.15, -0.1) is 11.3 Å². The molecule has 3 aromatic rings. The van der Waals surface area contributed by atoms with E-state index in [1.807, 2.05) is 43.3 Å². The minimum Gasteiger partial charge on any atom is -0.479 e. The highest BCUT2D eigenvalue weighted by Crippen LogP contribution is 2.39. The van der Waals surface area contributed by atoms with E-state index >= 15 is 0 Å². The summed E-state index contributed by atoms with van der Waals surface area (Å²) in [5.74, 6) is -0.126. The second-order valence-electron chi connectivity index (χ2n) is 8.29. The topological polar surface area (TPSA) is 81.6 Å². The maximum atomic E-state index is 12.9. The quantitative estimate of drug-likeness (QED) is 0.301. The Bertz CT molecular complexity index is 1160. The molecule has 1 atom stereocenters. The molecule has 0 fully saturated rings. The van der Waals surface area contributed by atoms with Crippen LogP contribution in [-0.2, 0) is 14.3 Å². The highest BCUT2D eigenvalue weighted by Gasteiger charge is 2.33. The summed E-state index contributed by atoms with van der Waals surface area (Å²) < 4.78 is 11.2. The molecule has 7 nitrogen and oxygen atoms in total. The number of nitrogens with zero attached hydrogens (tertiary/aromatic N) is 3. The van der Waals surface area contributed by atoms with Crippen LogP contribution >= 0.6 is 11.3 Å². The molecule has 3 heterocycles. The Morgan fingerprint density at radius 2 is 2.06 bits per heavy atom. The summed E-state index contributed by atoms with van der Waals surface area (Å²) in [4.78, 5) is 37.1. The van der Waals surface area contributed by atoms with Crippen molar-refractivity contribution in [1.29, 1.82) is 0 Å². The fourth-order valence-electron chi connectivity index (χ4n) is 3.87. The molecule has 0 spiro atoms. The summed E-state index contributed by atoms with van der Waals surface area (Å²) in [6.45, 7) is 6.05. The fourth-order valence-corrected chi connectivity index (χ4v) is 4.78. The summed E-state index contributed by atoms with van der Waals surface area (Å²) in [5, 5.41) is 0.829. The van der Waals surface area contributed by atoms with Crippen LogP contribution in [-0.4, -0.2) is 41.1 Å². The van der Waals surface area contributed by atoms with Crippen LogP contribution in [0.2, 0.25) is 0 Å². The van der Waals surface area contributed by atoms with Crippen molar-refractivity contribution in [3.8, 4) is 27.7 Å². The third-order valence-corrected chi connectivity index (χ3v) is 6.66. The van der Waals surface area contributed by atoms with Gasteiger partial charge in [0.15, 0.2) is 6.10 Å². The summed E-state index contributed by atoms with van der Waals surface area (Å²) >= 11 is 1.57. The number of hydrogen-bond donors (Lipinski definition) is 0. The lowest BCUT2D eigenvalue weighted by atomic mass is 10.1. The average Bonchev–Trinajstić information content (AvgIpc) is 3.24. The fraction of sp³-hybridized carbons (Fsp3) is 0.385. The molecule has 1 aliphatic rings. The second-order valence-corrected chi connectivity index (χ2v) is 9.49. The van der Waals surface area contributed by atoms with Gasteiger partial charge in [-0.1, -0.05) is 32.3 Å². The lowest BCUT2D eigenvalue weighted by Crippen LogP contribution is -2.47. The normalized spacial score (nSPS) is 15.1. The SMILES string of the molecule is CCCCCCOC(=O)CN1C(=O)C(C)Oc2ccc(-c3nc(-c4ccccn4)sc3C)cc21. The first-order valence-corrected chi connectivity index (χ1v) is 12.5. The monoisotopic (exact) mass is 479 g/mol. The Hall–Kier alpha value is -3.26. The number of anilines is 1. The highest BCUT2D eigenvalue weighted by molar-refractivity contribution is 7.15. The number of aryl methyl sites for hydroxylation is 1. The van der Waals surface area contributed by atoms with E-state index in [9.17, 15) is 9.59 Å². The number of rotatable bonds is 9. The van der Waals surface area contributed by atoms with Gasteiger partial charge in [0.1, 0.15) is 17.3 Å². The van der Waals surface area contributed by atoms with Gasteiger partial charge in [0.05, 0.1) is 23.7 Å². The molecular weight excluding hydrogens is 450 g/mol. The van der Waals surface area contributed by atoms with Crippen LogP contribution in [0.3, 0.4) is 0 Å². The average molecular weight is 480 g/mol. The third-order valence-electron chi connectivity index (χ3n) is 5.67. The van der Waals surface area contributed by atoms with Gasteiger partial charge in [-0.3, -0.25) is 19.5 Å². The smallest absolute Gasteiger partial charge is 0.326 e. The van der Waals surface area contributed by atoms with Gasteiger partial charge in [-0.2, -0.15) is 0 Å². The zero-order valence-corrected chi connectivity index (χ0v) is 20.6. The summed E-state index contributed by atoms with van der Waals surface area (Å²) in [5.41, 5.74) is 3.03. The largest absolute Gasteiger partial charge is 0.479 e. The van der Waals surface area contributed by atoms with Crippen LogP contribution in [0.15, 0.2) is 42.6 Å². The molecule has 1 aromatic carbocycles. The minimum absolute atomic E-state index is 0.147. The number of thiazole rings is 1. The molecule has 1 unspecified atom stereocenters. The highest BCUT2D eigenvalue weighted by atomic mass is 32.1. The number of aromatic nitrogens is 2. The van der Waals surface area contributed by atoms with Gasteiger partial charge < -0.3 is 9.47 Å². The molecule has 0 saturated carbocycles. The van der Waals surface area contributed by atoms with Crippen molar-refractivity contribution in [3.63, 3.8) is 0 Å². The Morgan fingerprint density at radius 3 is 2.82 bits per heavy atom. The lowest BCUT2D eigenvalue weighted by Gasteiger charge is -2.32. The zero-order valence-electron chi connectivity index (χ0n) is 19.7. The maximum Gasteiger partial charge on any atom is 0.326 e. The van der Waals surface area contributed by atoms with Gasteiger partial charge in [0, 0.05) is 16.6 Å². The van der Waals surface area contributed by atoms with Crippen molar-refractivity contribution in [2.24, 2.45) is 0 Å². The van der Waals surface area contributed by atoms with Crippen molar-refractivity contribution in [1.82, 2.24) is 9.97 Å². The van der Waals surface area contributed by atoms with Gasteiger partial charge in [-0.05, 0) is 50.6 Å². The van der Waals surface area contributed by atoms with Crippen molar-refractivity contribution in [3.05, 3.63) is 47.5 Å². The summed E-state index contributed by atoms with van der Waals surface area (Å²) in [6.07, 6.45) is 5.16. The van der Waals surface area contributed by atoms with Crippen LogP contribution in [0.25, 0.3) is 22.0 Å². The van der Waals surface area contributed by atoms with Gasteiger partial charge >= 0.3 is 5.97 Å². The predicted molar refractivity (Wildman–Crippen MR) is 133 cm³/mol. The summed E-state index contributed by atoms with van der Waals surface area (Å²) in [7, 11) is 0. The van der Waals surface area contributed by atoms with Gasteiger partial charge in [0.2, 0.25) is 0 Å². The zero-order chi connectivity index (χ0) is 24.1. The van der Waals surface area contributed by atoms with Crippen LogP contribution in [0.4, 0.5) is 5.69 Å². The molecule has 0 saturated heterocycles. The van der Waals surface area contributed by atoms with Crippen molar-refractivity contribution in [2.45, 2.75) is 52.6 Å². The molecule has 0 bridgehead atoms. The summed E-state index contributed by atoms with van der Waals surface area (Å²) in [6, 6.07) is 11.3. The van der Waals surface area contributed by atoms with Crippen LogP contribution < -0.4 is 9.64 Å². The molecule has 0 radical (unpaired) electrons. The van der Waals surface area contributed by atoms with E-state index in [1.54, 1.807) is 24.5 Å². The van der Waals surface area contributed by atoms with E-state index in [0.717, 1.165) is 52.5 Å². The van der Waals surface area contributed by atoms with E-state index in [4.69, 9.17) is 14.5 Å². The van der Waals surface area contributed by atoms with Crippen molar-refractivity contribution < 1.29 is 19.1 Å². The third kappa shape index (κ3) is 5.28. The standard InChI is InChI=1S/C26H29N3O4S/c1-4-5-6-9-14-32-23(30)16-29-21-15-19(11-12-22(21)33-17(2)26(29)31)24-18(3)34-25(28-24)20-10-7-8-13-27-20/h7-8,10-13,15,17H,4-6,9,14,16H2,1-3H3. The number of fused-ring (bicyclic) bond motifs is 1. The van der Waals surface area contributed by atoms with E-state index < -0.39 is 12.1 Å². The number of ether oxygens (including phenoxy) is 2. The number of amides is 1. The number of hydrogen-bond acceptors (Lipinski definition) is 7. The number of pyridine rings is 1. The Kier molecular flexibility index (Phi) is 7.57. The van der Waals surface area contributed by atoms with Crippen LogP contribution in [0, 0.1) is 6.92 Å². The van der Waals surface area contributed by atoms with Crippen molar-refractivity contribution >= 4 is 28.9 Å². The van der Waals surface area contributed by atoms with Gasteiger partial charge in [0.25, 0.3) is 5.91 Å². The Labute approximate surface area is 203 Å². The molecule has 34 heavy (non-hydrogen) atoms. The molecule has 2 aromatic heterocycles.